The predicted octanol–water partition coefficient (Wildman–Crippen LogP) is 3.26. The third-order valence-corrected chi connectivity index (χ3v) is 7.87. The summed E-state index contributed by atoms with van der Waals surface area (Å²) in [6.07, 6.45) is 3.71. The zero-order valence-electron chi connectivity index (χ0n) is 17.5. The zero-order valence-corrected chi connectivity index (χ0v) is 20.0. The molecule has 10 heteroatoms. The molecular weight excluding hydrogens is 440 g/mol. The van der Waals surface area contributed by atoms with Crippen LogP contribution in [-0.4, -0.2) is 49.7 Å². The first-order chi connectivity index (χ1) is 14.3. The summed E-state index contributed by atoms with van der Waals surface area (Å²) in [7, 11) is -3.55. The number of carbonyl (C=O) groups excluding carboxylic acids is 1. The molecule has 0 radical (unpaired) electrons. The molecule has 2 heterocycles. The van der Waals surface area contributed by atoms with Gasteiger partial charge in [-0.05, 0) is 51.1 Å². The monoisotopic (exact) mass is 466 g/mol. The van der Waals surface area contributed by atoms with E-state index >= 15 is 0 Å². The molecule has 0 aromatic heterocycles. The molecule has 1 N–H and O–H groups in total. The van der Waals surface area contributed by atoms with Crippen LogP contribution in [0.5, 0.6) is 0 Å². The Bertz CT molecular complexity index is 1030. The minimum absolute atomic E-state index is 0.0787. The molecule has 1 aromatic rings. The Labute approximate surface area is 187 Å². The molecule has 1 amide bonds. The molecule has 162 valence electrons. The number of hydrogen-bond acceptors (Lipinski definition) is 7. The second kappa shape index (κ2) is 9.09. The van der Waals surface area contributed by atoms with Crippen LogP contribution in [0.1, 0.15) is 27.7 Å². The zero-order chi connectivity index (χ0) is 22.1. The lowest BCUT2D eigenvalue weighted by Crippen LogP contribution is -2.28. The number of fused-ring (bicyclic) bond motifs is 1. The highest BCUT2D eigenvalue weighted by Gasteiger charge is 2.33. The summed E-state index contributed by atoms with van der Waals surface area (Å²) in [5, 5.41) is 0. The fourth-order valence-corrected chi connectivity index (χ4v) is 5.95. The van der Waals surface area contributed by atoms with E-state index in [1.807, 2.05) is 32.9 Å². The van der Waals surface area contributed by atoms with Crippen molar-refractivity contribution in [1.82, 2.24) is 9.62 Å². The van der Waals surface area contributed by atoms with Gasteiger partial charge in [0.25, 0.3) is 5.91 Å². The molecule has 0 aliphatic carbocycles. The van der Waals surface area contributed by atoms with E-state index in [2.05, 4.69) is 14.5 Å². The number of benzene rings is 1. The smallest absolute Gasteiger partial charge is 0.266 e. The summed E-state index contributed by atoms with van der Waals surface area (Å²) in [4.78, 5) is 19.1. The fraction of sp³-hybridized carbons (Fsp3) is 0.400. The van der Waals surface area contributed by atoms with Gasteiger partial charge in [0, 0.05) is 26.2 Å². The van der Waals surface area contributed by atoms with E-state index < -0.39 is 10.0 Å². The van der Waals surface area contributed by atoms with E-state index in [1.165, 1.54) is 11.8 Å². The van der Waals surface area contributed by atoms with E-state index in [0.717, 1.165) is 17.2 Å². The fourth-order valence-electron chi connectivity index (χ4n) is 3.56. The molecular formula is C20H26N4O3S3. The number of anilines is 2. The largest absolute Gasteiger partial charge is 0.326 e. The Morgan fingerprint density at radius 1 is 1.00 bits per heavy atom. The molecule has 0 atom stereocenters. The first kappa shape index (κ1) is 22.8. The summed E-state index contributed by atoms with van der Waals surface area (Å²) in [6, 6.07) is 5.17. The Morgan fingerprint density at radius 2 is 1.63 bits per heavy atom. The van der Waals surface area contributed by atoms with E-state index in [4.69, 9.17) is 12.2 Å². The second-order valence-electron chi connectivity index (χ2n) is 6.61. The maximum atomic E-state index is 12.5. The van der Waals surface area contributed by atoms with E-state index in [-0.39, 0.29) is 10.8 Å². The van der Waals surface area contributed by atoms with Gasteiger partial charge in [0.1, 0.15) is 10.1 Å². The Balaban J connectivity index is 2.02. The van der Waals surface area contributed by atoms with Crippen LogP contribution in [0.25, 0.3) is 0 Å². The highest BCUT2D eigenvalue weighted by atomic mass is 32.2. The molecule has 1 fully saturated rings. The standard InChI is InChI=1S/C20H26N4O3S3/c1-5-21-30(26,27)14-9-10-15-16(13-14)23(7-3)18(22(15)6-2)12-11-17-19(25)24(8-4)20(28)29-17/h9-13,21H,5-8H2,1-4H3. The van der Waals surface area contributed by atoms with Crippen molar-refractivity contribution < 1.29 is 13.2 Å². The second-order valence-corrected chi connectivity index (χ2v) is 10.1. The molecule has 0 unspecified atom stereocenters. The lowest BCUT2D eigenvalue weighted by molar-refractivity contribution is -0.122. The van der Waals surface area contributed by atoms with Gasteiger partial charge < -0.3 is 9.80 Å². The number of nitrogens with zero attached hydrogens (tertiary/aromatic N) is 3. The van der Waals surface area contributed by atoms with Gasteiger partial charge in [0.05, 0.1) is 21.2 Å². The van der Waals surface area contributed by atoms with Crippen molar-refractivity contribution in [2.45, 2.75) is 32.6 Å². The van der Waals surface area contributed by atoms with Gasteiger partial charge in [-0.25, -0.2) is 13.1 Å². The molecule has 2 aliphatic heterocycles. The molecule has 2 aliphatic rings. The van der Waals surface area contributed by atoms with Gasteiger partial charge in [-0.15, -0.1) is 0 Å². The number of allylic oxidation sites excluding steroid dienone is 2. The van der Waals surface area contributed by atoms with E-state index in [9.17, 15) is 13.2 Å². The van der Waals surface area contributed by atoms with E-state index in [1.54, 1.807) is 30.0 Å². The molecule has 0 saturated carbocycles. The Kier molecular flexibility index (Phi) is 6.91. The number of nitrogens with one attached hydrogen (secondary N) is 1. The first-order valence-electron chi connectivity index (χ1n) is 9.93. The first-order valence-corrected chi connectivity index (χ1v) is 12.6. The van der Waals surface area contributed by atoms with Crippen LogP contribution >= 0.6 is 24.0 Å². The van der Waals surface area contributed by atoms with Crippen LogP contribution in [0.3, 0.4) is 0 Å². The molecule has 0 bridgehead atoms. The Hall–Kier alpha value is -1.88. The number of likely N-dealkylation sites (N-methyl/N-ethyl adjacent to an activating group) is 1. The number of thioether (sulfide) groups is 1. The van der Waals surface area contributed by atoms with Crippen LogP contribution in [0.15, 0.2) is 46.0 Å². The van der Waals surface area contributed by atoms with Crippen molar-refractivity contribution in [2.24, 2.45) is 0 Å². The lowest BCUT2D eigenvalue weighted by atomic mass is 10.2. The molecule has 0 spiro atoms. The van der Waals surface area contributed by atoms with Crippen LogP contribution in [0.2, 0.25) is 0 Å². The van der Waals surface area contributed by atoms with Crippen LogP contribution in [0, 0.1) is 0 Å². The Morgan fingerprint density at radius 3 is 2.20 bits per heavy atom. The normalized spacial score (nSPS) is 19.5. The van der Waals surface area contributed by atoms with Crippen LogP contribution in [0.4, 0.5) is 11.4 Å². The van der Waals surface area contributed by atoms with E-state index in [0.29, 0.717) is 35.4 Å². The highest BCUT2D eigenvalue weighted by Crippen LogP contribution is 2.43. The molecule has 1 saturated heterocycles. The van der Waals surface area contributed by atoms with Crippen molar-refractivity contribution in [1.29, 1.82) is 0 Å². The quantitative estimate of drug-likeness (QED) is 0.488. The predicted molar refractivity (Wildman–Crippen MR) is 127 cm³/mol. The average molecular weight is 467 g/mol. The number of rotatable bonds is 7. The van der Waals surface area contributed by atoms with Crippen LogP contribution in [-0.2, 0) is 14.8 Å². The van der Waals surface area contributed by atoms with Gasteiger partial charge in [0.15, 0.2) is 0 Å². The number of amides is 1. The van der Waals surface area contributed by atoms with Gasteiger partial charge in [-0.3, -0.25) is 9.69 Å². The topological polar surface area (TPSA) is 73.0 Å². The van der Waals surface area contributed by atoms with Gasteiger partial charge in [-0.1, -0.05) is 30.9 Å². The minimum atomic E-state index is -3.55. The van der Waals surface area contributed by atoms with Gasteiger partial charge in [0.2, 0.25) is 10.0 Å². The number of sulfonamides is 1. The summed E-state index contributed by atoms with van der Waals surface area (Å²) in [6.45, 7) is 9.95. The number of thiocarbonyl (C=S) groups is 1. The third-order valence-electron chi connectivity index (χ3n) is 4.93. The minimum Gasteiger partial charge on any atom is -0.326 e. The van der Waals surface area contributed by atoms with Gasteiger partial charge >= 0.3 is 0 Å². The van der Waals surface area contributed by atoms with Crippen molar-refractivity contribution in [3.63, 3.8) is 0 Å². The van der Waals surface area contributed by atoms with Crippen molar-refractivity contribution in [3.8, 4) is 0 Å². The highest BCUT2D eigenvalue weighted by molar-refractivity contribution is 8.26. The summed E-state index contributed by atoms with van der Waals surface area (Å²) >= 11 is 6.59. The molecule has 7 nitrogen and oxygen atoms in total. The third kappa shape index (κ3) is 4.01. The molecule has 30 heavy (non-hydrogen) atoms. The maximum Gasteiger partial charge on any atom is 0.266 e. The summed E-state index contributed by atoms with van der Waals surface area (Å²) in [5.41, 5.74) is 1.77. The number of hydrogen-bond donors (Lipinski definition) is 1. The van der Waals surface area contributed by atoms with Crippen LogP contribution < -0.4 is 14.5 Å². The number of carbonyl (C=O) groups is 1. The SMILES string of the molecule is CCNS(=O)(=O)c1ccc2c(c1)N(CC)C(=CC=C1SC(=S)N(CC)C1=O)N2CC. The average Bonchev–Trinajstić information content (AvgIpc) is 3.17. The molecule has 3 rings (SSSR count). The summed E-state index contributed by atoms with van der Waals surface area (Å²) in [5.74, 6) is 0.819. The lowest BCUT2D eigenvalue weighted by Gasteiger charge is -2.23. The van der Waals surface area contributed by atoms with Gasteiger partial charge in [-0.2, -0.15) is 0 Å². The summed E-state index contributed by atoms with van der Waals surface area (Å²) < 4.78 is 28.0. The maximum absolute atomic E-state index is 12.5. The van der Waals surface area contributed by atoms with Crippen molar-refractivity contribution in [2.75, 3.05) is 36.0 Å². The van der Waals surface area contributed by atoms with Crippen molar-refractivity contribution in [3.05, 3.63) is 41.1 Å². The van der Waals surface area contributed by atoms with Crippen molar-refractivity contribution >= 4 is 55.6 Å². The molecule has 1 aromatic carbocycles.